The van der Waals surface area contributed by atoms with Crippen molar-refractivity contribution in [3.63, 3.8) is 0 Å². The number of nitrogens with zero attached hydrogens (tertiary/aromatic N) is 1. The fourth-order valence-corrected chi connectivity index (χ4v) is 1.34. The molecule has 0 unspecified atom stereocenters. The molecular formula is C11H14N2O3. The lowest BCUT2D eigenvalue weighted by Crippen LogP contribution is -2.04. The molecule has 0 aliphatic carbocycles. The minimum Gasteiger partial charge on any atom is -0.467 e. The lowest BCUT2D eigenvalue weighted by molar-refractivity contribution is 0.0763. The largest absolute Gasteiger partial charge is 0.467 e. The third-order valence-corrected chi connectivity index (χ3v) is 2.03. The van der Waals surface area contributed by atoms with Crippen LogP contribution in [0.1, 0.15) is 17.2 Å². The predicted molar refractivity (Wildman–Crippen MR) is 56.5 cm³/mol. The fraction of sp³-hybridized carbons (Fsp3) is 0.364. The summed E-state index contributed by atoms with van der Waals surface area (Å²) < 4.78 is 15.6. The Balaban J connectivity index is 1.76. The zero-order valence-corrected chi connectivity index (χ0v) is 9.10. The molecule has 86 valence electrons. The van der Waals surface area contributed by atoms with E-state index in [1.807, 2.05) is 25.2 Å². The second-order valence-corrected chi connectivity index (χ2v) is 3.39. The maximum Gasteiger partial charge on any atom is 0.162 e. The number of aromatic nitrogens is 1. The van der Waals surface area contributed by atoms with Crippen molar-refractivity contribution in [2.75, 3.05) is 7.05 Å². The van der Waals surface area contributed by atoms with Gasteiger partial charge in [0.2, 0.25) is 0 Å². The molecule has 0 bridgehead atoms. The molecule has 0 saturated carbocycles. The van der Waals surface area contributed by atoms with Crippen LogP contribution in [0.25, 0.3) is 0 Å². The Morgan fingerprint density at radius 3 is 3.00 bits per heavy atom. The Labute approximate surface area is 93.4 Å². The van der Waals surface area contributed by atoms with Crippen molar-refractivity contribution in [3.8, 4) is 0 Å². The van der Waals surface area contributed by atoms with E-state index in [2.05, 4.69) is 10.5 Å². The maximum absolute atomic E-state index is 5.41. The number of nitrogens with one attached hydrogen (secondary N) is 1. The standard InChI is InChI=1S/C11H14N2O3/c1-12-6-9-5-11(16-13-9)8-14-7-10-3-2-4-15-10/h2-5,12H,6-8H2,1H3. The summed E-state index contributed by atoms with van der Waals surface area (Å²) in [5.41, 5.74) is 0.874. The van der Waals surface area contributed by atoms with Gasteiger partial charge in [0.05, 0.1) is 12.0 Å². The maximum atomic E-state index is 5.41. The topological polar surface area (TPSA) is 60.4 Å². The smallest absolute Gasteiger partial charge is 0.162 e. The first-order valence-corrected chi connectivity index (χ1v) is 5.07. The average molecular weight is 222 g/mol. The Morgan fingerprint density at radius 2 is 2.25 bits per heavy atom. The van der Waals surface area contributed by atoms with Gasteiger partial charge in [0, 0.05) is 12.6 Å². The highest BCUT2D eigenvalue weighted by molar-refractivity contribution is 5.04. The normalized spacial score (nSPS) is 10.8. The molecule has 0 aliphatic rings. The molecule has 0 aromatic carbocycles. The highest BCUT2D eigenvalue weighted by atomic mass is 16.5. The summed E-state index contributed by atoms with van der Waals surface area (Å²) in [6, 6.07) is 5.57. The zero-order chi connectivity index (χ0) is 11.2. The number of hydrogen-bond acceptors (Lipinski definition) is 5. The Hall–Kier alpha value is -1.59. The molecule has 0 atom stereocenters. The monoisotopic (exact) mass is 222 g/mol. The van der Waals surface area contributed by atoms with E-state index >= 15 is 0 Å². The molecule has 2 heterocycles. The van der Waals surface area contributed by atoms with Crippen LogP contribution in [0.3, 0.4) is 0 Å². The number of rotatable bonds is 6. The van der Waals surface area contributed by atoms with E-state index < -0.39 is 0 Å². The Bertz CT molecular complexity index is 409. The van der Waals surface area contributed by atoms with Gasteiger partial charge in [-0.25, -0.2) is 0 Å². The molecule has 0 fully saturated rings. The van der Waals surface area contributed by atoms with E-state index in [0.29, 0.717) is 19.8 Å². The van der Waals surface area contributed by atoms with Crippen LogP contribution < -0.4 is 5.32 Å². The summed E-state index contributed by atoms with van der Waals surface area (Å²) in [6.07, 6.45) is 1.62. The minimum absolute atomic E-state index is 0.400. The van der Waals surface area contributed by atoms with E-state index in [1.54, 1.807) is 6.26 Å². The van der Waals surface area contributed by atoms with Gasteiger partial charge in [0.15, 0.2) is 5.76 Å². The van der Waals surface area contributed by atoms with Crippen molar-refractivity contribution >= 4 is 0 Å². The van der Waals surface area contributed by atoms with Gasteiger partial charge in [-0.1, -0.05) is 5.16 Å². The van der Waals surface area contributed by atoms with Crippen LogP contribution in [0.4, 0.5) is 0 Å². The van der Waals surface area contributed by atoms with Gasteiger partial charge in [-0.2, -0.15) is 0 Å². The molecule has 0 radical (unpaired) electrons. The van der Waals surface area contributed by atoms with E-state index in [9.17, 15) is 0 Å². The Morgan fingerprint density at radius 1 is 1.38 bits per heavy atom. The third-order valence-electron chi connectivity index (χ3n) is 2.03. The first-order valence-electron chi connectivity index (χ1n) is 5.07. The van der Waals surface area contributed by atoms with Crippen LogP contribution in [-0.4, -0.2) is 12.2 Å². The molecule has 0 aliphatic heterocycles. The molecule has 0 saturated heterocycles. The molecule has 2 aromatic heterocycles. The van der Waals surface area contributed by atoms with Crippen molar-refractivity contribution in [3.05, 3.63) is 41.7 Å². The lowest BCUT2D eigenvalue weighted by Gasteiger charge is -1.97. The van der Waals surface area contributed by atoms with Crippen LogP contribution in [0.2, 0.25) is 0 Å². The van der Waals surface area contributed by atoms with Gasteiger partial charge in [0.1, 0.15) is 19.0 Å². The van der Waals surface area contributed by atoms with Crippen LogP contribution >= 0.6 is 0 Å². The summed E-state index contributed by atoms with van der Waals surface area (Å²) in [7, 11) is 1.86. The number of hydrogen-bond donors (Lipinski definition) is 1. The highest BCUT2D eigenvalue weighted by Gasteiger charge is 2.04. The highest BCUT2D eigenvalue weighted by Crippen LogP contribution is 2.08. The van der Waals surface area contributed by atoms with E-state index in [4.69, 9.17) is 13.7 Å². The quantitative estimate of drug-likeness (QED) is 0.806. The van der Waals surface area contributed by atoms with Gasteiger partial charge in [-0.05, 0) is 19.2 Å². The van der Waals surface area contributed by atoms with E-state index in [-0.39, 0.29) is 0 Å². The van der Waals surface area contributed by atoms with E-state index in [1.165, 1.54) is 0 Å². The van der Waals surface area contributed by atoms with Crippen molar-refractivity contribution in [2.45, 2.75) is 19.8 Å². The third kappa shape index (κ3) is 2.95. The van der Waals surface area contributed by atoms with Crippen LogP contribution in [0.15, 0.2) is 33.4 Å². The number of ether oxygens (including phenoxy) is 1. The van der Waals surface area contributed by atoms with Gasteiger partial charge < -0.3 is 19.0 Å². The zero-order valence-electron chi connectivity index (χ0n) is 9.10. The molecule has 0 spiro atoms. The number of furan rings is 1. The fourth-order valence-electron chi connectivity index (χ4n) is 1.34. The summed E-state index contributed by atoms with van der Waals surface area (Å²) in [4.78, 5) is 0. The molecule has 1 N–H and O–H groups in total. The van der Waals surface area contributed by atoms with Crippen molar-refractivity contribution in [1.29, 1.82) is 0 Å². The van der Waals surface area contributed by atoms with Gasteiger partial charge in [-0.15, -0.1) is 0 Å². The molecule has 16 heavy (non-hydrogen) atoms. The Kier molecular flexibility index (Phi) is 3.74. The lowest BCUT2D eigenvalue weighted by atomic mass is 10.4. The average Bonchev–Trinajstić information content (AvgIpc) is 2.90. The molecule has 5 heteroatoms. The minimum atomic E-state index is 0.400. The first kappa shape index (κ1) is 10.9. The SMILES string of the molecule is CNCc1cc(COCc2ccco2)on1. The van der Waals surface area contributed by atoms with Crippen LogP contribution in [0.5, 0.6) is 0 Å². The van der Waals surface area contributed by atoms with E-state index in [0.717, 1.165) is 17.2 Å². The second kappa shape index (κ2) is 5.48. The first-order chi connectivity index (χ1) is 7.88. The van der Waals surface area contributed by atoms with Gasteiger partial charge in [0.25, 0.3) is 0 Å². The summed E-state index contributed by atoms with van der Waals surface area (Å²) in [6.45, 7) is 1.54. The van der Waals surface area contributed by atoms with Crippen molar-refractivity contribution in [1.82, 2.24) is 10.5 Å². The second-order valence-electron chi connectivity index (χ2n) is 3.39. The van der Waals surface area contributed by atoms with Gasteiger partial charge >= 0.3 is 0 Å². The molecular weight excluding hydrogens is 208 g/mol. The van der Waals surface area contributed by atoms with Crippen LogP contribution in [-0.2, 0) is 24.5 Å². The van der Waals surface area contributed by atoms with Crippen molar-refractivity contribution < 1.29 is 13.7 Å². The summed E-state index contributed by atoms with van der Waals surface area (Å²) >= 11 is 0. The molecule has 2 rings (SSSR count). The van der Waals surface area contributed by atoms with Gasteiger partial charge in [-0.3, -0.25) is 0 Å². The van der Waals surface area contributed by atoms with Crippen LogP contribution in [0, 0.1) is 0 Å². The molecule has 0 amide bonds. The molecule has 5 nitrogen and oxygen atoms in total. The summed E-state index contributed by atoms with van der Waals surface area (Å²) in [5, 5.41) is 6.88. The summed E-state index contributed by atoms with van der Waals surface area (Å²) in [5.74, 6) is 1.52. The molecule has 2 aromatic rings. The van der Waals surface area contributed by atoms with Crippen molar-refractivity contribution in [2.24, 2.45) is 0 Å². The predicted octanol–water partition coefficient (Wildman–Crippen LogP) is 1.70.